The van der Waals surface area contributed by atoms with E-state index in [-0.39, 0.29) is 11.3 Å². The Bertz CT molecular complexity index is 705. The van der Waals surface area contributed by atoms with Gasteiger partial charge in [0.25, 0.3) is 5.91 Å². The highest BCUT2D eigenvalue weighted by atomic mass is 16.2. The number of aromatic amines is 1. The minimum atomic E-state index is -0.0200. The fourth-order valence-corrected chi connectivity index (χ4v) is 2.99. The number of likely N-dealkylation sites (tertiary alicyclic amines) is 1. The van der Waals surface area contributed by atoms with Crippen molar-refractivity contribution in [3.05, 3.63) is 52.8 Å². The van der Waals surface area contributed by atoms with E-state index in [0.717, 1.165) is 25.2 Å². The van der Waals surface area contributed by atoms with Crippen molar-refractivity contribution in [1.29, 1.82) is 0 Å². The van der Waals surface area contributed by atoms with Crippen molar-refractivity contribution < 1.29 is 4.79 Å². The van der Waals surface area contributed by atoms with E-state index in [2.05, 4.69) is 62.2 Å². The molecule has 1 aromatic heterocycles. The molecule has 4 heteroatoms. The van der Waals surface area contributed by atoms with Crippen LogP contribution in [0.4, 0.5) is 0 Å². The zero-order valence-electron chi connectivity index (χ0n) is 14.4. The van der Waals surface area contributed by atoms with E-state index in [1.165, 1.54) is 11.1 Å². The number of rotatable bonds is 3. The summed E-state index contributed by atoms with van der Waals surface area (Å²) in [6.45, 7) is 10.1. The molecule has 2 heterocycles. The van der Waals surface area contributed by atoms with E-state index in [0.29, 0.717) is 11.6 Å². The Hall–Kier alpha value is -2.10. The number of aryl methyl sites for hydroxylation is 1. The van der Waals surface area contributed by atoms with Gasteiger partial charge in [-0.1, -0.05) is 45.0 Å². The van der Waals surface area contributed by atoms with Crippen LogP contribution in [0.3, 0.4) is 0 Å². The average molecular weight is 311 g/mol. The minimum absolute atomic E-state index is 0.0200. The maximum Gasteiger partial charge on any atom is 0.274 e. The van der Waals surface area contributed by atoms with Gasteiger partial charge in [0, 0.05) is 24.2 Å². The SMILES string of the molecule is Cc1ccccc1CC1CN(C(=O)c2cc(C(C)(C)C)[nH]n2)C1. The molecule has 1 aromatic carbocycles. The van der Waals surface area contributed by atoms with Crippen LogP contribution in [-0.2, 0) is 11.8 Å². The number of carbonyl (C=O) groups is 1. The highest BCUT2D eigenvalue weighted by molar-refractivity contribution is 5.93. The molecule has 122 valence electrons. The molecule has 0 atom stereocenters. The summed E-state index contributed by atoms with van der Waals surface area (Å²) >= 11 is 0. The third-order valence-electron chi connectivity index (χ3n) is 4.62. The molecule has 0 bridgehead atoms. The Kier molecular flexibility index (Phi) is 4.00. The molecule has 23 heavy (non-hydrogen) atoms. The van der Waals surface area contributed by atoms with Crippen molar-refractivity contribution in [1.82, 2.24) is 15.1 Å². The van der Waals surface area contributed by atoms with Gasteiger partial charge >= 0.3 is 0 Å². The number of hydrogen-bond acceptors (Lipinski definition) is 2. The first kappa shape index (κ1) is 15.8. The first-order valence-electron chi connectivity index (χ1n) is 8.24. The molecule has 0 aliphatic carbocycles. The van der Waals surface area contributed by atoms with Crippen molar-refractivity contribution >= 4 is 5.91 Å². The molecular weight excluding hydrogens is 286 g/mol. The van der Waals surface area contributed by atoms with Crippen LogP contribution >= 0.6 is 0 Å². The normalized spacial score (nSPS) is 15.6. The van der Waals surface area contributed by atoms with Gasteiger partial charge in [-0.15, -0.1) is 0 Å². The molecule has 0 radical (unpaired) electrons. The van der Waals surface area contributed by atoms with Gasteiger partial charge in [-0.05, 0) is 36.5 Å². The predicted octanol–water partition coefficient (Wildman–Crippen LogP) is 3.33. The smallest absolute Gasteiger partial charge is 0.274 e. The van der Waals surface area contributed by atoms with Crippen LogP contribution in [-0.4, -0.2) is 34.1 Å². The third-order valence-corrected chi connectivity index (χ3v) is 4.62. The Balaban J connectivity index is 1.58. The monoisotopic (exact) mass is 311 g/mol. The molecule has 1 amide bonds. The maximum atomic E-state index is 12.5. The lowest BCUT2D eigenvalue weighted by Crippen LogP contribution is -2.50. The minimum Gasteiger partial charge on any atom is -0.337 e. The number of benzene rings is 1. The lowest BCUT2D eigenvalue weighted by atomic mass is 9.89. The van der Waals surface area contributed by atoms with Crippen LogP contribution in [0.25, 0.3) is 0 Å². The van der Waals surface area contributed by atoms with Crippen LogP contribution < -0.4 is 0 Å². The molecule has 0 saturated carbocycles. The molecular formula is C19H25N3O. The summed E-state index contributed by atoms with van der Waals surface area (Å²) in [6, 6.07) is 10.4. The fourth-order valence-electron chi connectivity index (χ4n) is 2.99. The second-order valence-electron chi connectivity index (χ2n) is 7.62. The van der Waals surface area contributed by atoms with Gasteiger partial charge in [-0.2, -0.15) is 5.10 Å². The van der Waals surface area contributed by atoms with E-state index in [1.54, 1.807) is 0 Å². The first-order valence-corrected chi connectivity index (χ1v) is 8.24. The summed E-state index contributed by atoms with van der Waals surface area (Å²) in [6.07, 6.45) is 1.05. The molecule has 3 rings (SSSR count). The quantitative estimate of drug-likeness (QED) is 0.945. The van der Waals surface area contributed by atoms with Crippen LogP contribution in [0, 0.1) is 12.8 Å². The number of nitrogens with zero attached hydrogens (tertiary/aromatic N) is 2. The van der Waals surface area contributed by atoms with Crippen molar-refractivity contribution in [2.24, 2.45) is 5.92 Å². The largest absolute Gasteiger partial charge is 0.337 e. The molecule has 1 aliphatic rings. The Morgan fingerprint density at radius 3 is 2.61 bits per heavy atom. The number of nitrogens with one attached hydrogen (secondary N) is 1. The number of H-pyrrole nitrogens is 1. The van der Waals surface area contributed by atoms with Gasteiger partial charge in [-0.25, -0.2) is 0 Å². The summed E-state index contributed by atoms with van der Waals surface area (Å²) in [5.74, 6) is 0.596. The summed E-state index contributed by atoms with van der Waals surface area (Å²) in [5, 5.41) is 7.18. The average Bonchev–Trinajstić information content (AvgIpc) is 2.93. The van der Waals surface area contributed by atoms with E-state index >= 15 is 0 Å². The molecule has 1 fully saturated rings. The summed E-state index contributed by atoms with van der Waals surface area (Å²) in [7, 11) is 0. The third kappa shape index (κ3) is 3.31. The van der Waals surface area contributed by atoms with Gasteiger partial charge in [0.05, 0.1) is 0 Å². The number of aromatic nitrogens is 2. The molecule has 2 aromatic rings. The second kappa shape index (κ2) is 5.84. The Labute approximate surface area is 137 Å². The van der Waals surface area contributed by atoms with Crippen LogP contribution in [0.1, 0.15) is 48.1 Å². The van der Waals surface area contributed by atoms with Gasteiger partial charge in [0.15, 0.2) is 0 Å². The van der Waals surface area contributed by atoms with E-state index < -0.39 is 0 Å². The lowest BCUT2D eigenvalue weighted by molar-refractivity contribution is 0.0495. The van der Waals surface area contributed by atoms with E-state index in [1.807, 2.05) is 11.0 Å². The van der Waals surface area contributed by atoms with Crippen LogP contribution in [0.5, 0.6) is 0 Å². The molecule has 0 unspecified atom stereocenters. The zero-order chi connectivity index (χ0) is 16.6. The van der Waals surface area contributed by atoms with E-state index in [9.17, 15) is 4.79 Å². The summed E-state index contributed by atoms with van der Waals surface area (Å²) < 4.78 is 0. The maximum absolute atomic E-state index is 12.5. The number of hydrogen-bond donors (Lipinski definition) is 1. The van der Waals surface area contributed by atoms with Crippen molar-refractivity contribution in [3.8, 4) is 0 Å². The highest BCUT2D eigenvalue weighted by Crippen LogP contribution is 2.25. The van der Waals surface area contributed by atoms with Crippen LogP contribution in [0.15, 0.2) is 30.3 Å². The van der Waals surface area contributed by atoms with Gasteiger partial charge in [0.2, 0.25) is 0 Å². The lowest BCUT2D eigenvalue weighted by Gasteiger charge is -2.39. The summed E-state index contributed by atoms with van der Waals surface area (Å²) in [5.41, 5.74) is 4.23. The standard InChI is InChI=1S/C19H25N3O/c1-13-7-5-6-8-15(13)9-14-11-22(12-14)18(23)16-10-17(21-20-16)19(2,3)4/h5-8,10,14H,9,11-12H2,1-4H3,(H,20,21). The first-order chi connectivity index (χ1) is 10.8. The van der Waals surface area contributed by atoms with Crippen LogP contribution in [0.2, 0.25) is 0 Å². The molecule has 1 N–H and O–H groups in total. The molecule has 0 spiro atoms. The van der Waals surface area contributed by atoms with Crippen molar-refractivity contribution in [3.63, 3.8) is 0 Å². The Morgan fingerprint density at radius 2 is 2.00 bits per heavy atom. The van der Waals surface area contributed by atoms with Crippen molar-refractivity contribution in [2.75, 3.05) is 13.1 Å². The Morgan fingerprint density at radius 1 is 1.30 bits per heavy atom. The molecule has 4 nitrogen and oxygen atoms in total. The predicted molar refractivity (Wildman–Crippen MR) is 91.6 cm³/mol. The number of amides is 1. The second-order valence-corrected chi connectivity index (χ2v) is 7.62. The highest BCUT2D eigenvalue weighted by Gasteiger charge is 2.33. The van der Waals surface area contributed by atoms with Gasteiger partial charge in [0.1, 0.15) is 5.69 Å². The molecule has 1 saturated heterocycles. The van der Waals surface area contributed by atoms with Crippen molar-refractivity contribution in [2.45, 2.75) is 39.5 Å². The van der Waals surface area contributed by atoms with E-state index in [4.69, 9.17) is 0 Å². The fraction of sp³-hybridized carbons (Fsp3) is 0.474. The zero-order valence-corrected chi connectivity index (χ0v) is 14.4. The number of carbonyl (C=O) groups excluding carboxylic acids is 1. The topological polar surface area (TPSA) is 49.0 Å². The summed E-state index contributed by atoms with van der Waals surface area (Å²) in [4.78, 5) is 14.4. The van der Waals surface area contributed by atoms with Gasteiger partial charge < -0.3 is 4.90 Å². The molecule has 1 aliphatic heterocycles. The van der Waals surface area contributed by atoms with Gasteiger partial charge in [-0.3, -0.25) is 9.89 Å².